The van der Waals surface area contributed by atoms with Gasteiger partial charge < -0.3 is 9.84 Å². The predicted molar refractivity (Wildman–Crippen MR) is 84.0 cm³/mol. The van der Waals surface area contributed by atoms with Crippen molar-refractivity contribution in [2.75, 3.05) is 0 Å². The second-order valence-corrected chi connectivity index (χ2v) is 9.27. The highest BCUT2D eigenvalue weighted by Gasteiger charge is 2.64. The lowest BCUT2D eigenvalue weighted by Gasteiger charge is -2.57. The molecule has 1 N–H and O–H groups in total. The van der Waals surface area contributed by atoms with Gasteiger partial charge in [-0.15, -0.1) is 0 Å². The maximum absolute atomic E-state index is 10.4. The van der Waals surface area contributed by atoms with Crippen LogP contribution in [0.3, 0.4) is 0 Å². The first-order valence-electron chi connectivity index (χ1n) is 9.24. The van der Waals surface area contributed by atoms with Crippen LogP contribution in [-0.4, -0.2) is 23.4 Å². The van der Waals surface area contributed by atoms with Crippen LogP contribution >= 0.6 is 0 Å². The van der Waals surface area contributed by atoms with E-state index < -0.39 is 0 Å². The van der Waals surface area contributed by atoms with Gasteiger partial charge in [0.15, 0.2) is 0 Å². The first-order chi connectivity index (χ1) is 9.90. The predicted octanol–water partition coefficient (Wildman–Crippen LogP) is 4.30. The van der Waals surface area contributed by atoms with Gasteiger partial charge in [-0.3, -0.25) is 0 Å². The van der Waals surface area contributed by atoms with E-state index in [-0.39, 0.29) is 11.5 Å². The molecule has 5 atom stereocenters. The molecule has 0 aromatic heterocycles. The number of aliphatic hydroxyl groups excluding tert-OH is 1. The maximum Gasteiger partial charge on any atom is 0.0684 e. The van der Waals surface area contributed by atoms with Crippen molar-refractivity contribution in [3.8, 4) is 0 Å². The summed E-state index contributed by atoms with van der Waals surface area (Å²) in [4.78, 5) is 0. The molecule has 2 nitrogen and oxygen atoms in total. The van der Waals surface area contributed by atoms with E-state index in [0.717, 1.165) is 12.3 Å². The Morgan fingerprint density at radius 2 is 1.62 bits per heavy atom. The molecule has 0 aromatic carbocycles. The van der Waals surface area contributed by atoms with E-state index in [2.05, 4.69) is 20.8 Å². The minimum absolute atomic E-state index is 0.0952. The van der Waals surface area contributed by atoms with Crippen molar-refractivity contribution in [2.45, 2.75) is 96.9 Å². The van der Waals surface area contributed by atoms with Crippen LogP contribution in [0.1, 0.15) is 78.6 Å². The lowest BCUT2D eigenvalue weighted by molar-refractivity contribution is -0.238. The van der Waals surface area contributed by atoms with E-state index in [9.17, 15) is 5.11 Å². The highest BCUT2D eigenvalue weighted by atomic mass is 16.5. The zero-order valence-corrected chi connectivity index (χ0v) is 14.0. The molecule has 0 heterocycles. The SMILES string of the molecule is CC1(C)C2CCC1(C)C(OC1CC(O)C13CCCCC3)C2. The lowest BCUT2D eigenvalue weighted by atomic mass is 9.56. The van der Waals surface area contributed by atoms with Crippen LogP contribution in [0.5, 0.6) is 0 Å². The minimum Gasteiger partial charge on any atom is -0.392 e. The summed E-state index contributed by atoms with van der Waals surface area (Å²) in [5.41, 5.74) is 0.911. The molecule has 120 valence electrons. The van der Waals surface area contributed by atoms with Gasteiger partial charge in [0.1, 0.15) is 0 Å². The van der Waals surface area contributed by atoms with E-state index in [1.54, 1.807) is 0 Å². The van der Waals surface area contributed by atoms with Crippen molar-refractivity contribution < 1.29 is 9.84 Å². The highest BCUT2D eigenvalue weighted by molar-refractivity contribution is 5.13. The molecule has 0 radical (unpaired) electrons. The fraction of sp³-hybridized carbons (Fsp3) is 1.00. The molecular formula is C19H32O2. The average molecular weight is 292 g/mol. The van der Waals surface area contributed by atoms with E-state index in [0.29, 0.717) is 23.0 Å². The zero-order valence-electron chi connectivity index (χ0n) is 14.0. The second-order valence-electron chi connectivity index (χ2n) is 9.27. The number of hydrogen-bond donors (Lipinski definition) is 1. The Morgan fingerprint density at radius 1 is 0.905 bits per heavy atom. The summed E-state index contributed by atoms with van der Waals surface area (Å²) in [6.07, 6.45) is 11.8. The third-order valence-corrected chi connectivity index (χ3v) is 8.57. The number of ether oxygens (including phenoxy) is 1. The monoisotopic (exact) mass is 292 g/mol. The van der Waals surface area contributed by atoms with E-state index in [1.807, 2.05) is 0 Å². The van der Waals surface area contributed by atoms with Crippen LogP contribution in [0.4, 0.5) is 0 Å². The first kappa shape index (κ1) is 14.5. The standard InChI is InChI=1S/C19H32O2/c1-17(2)13-7-10-18(17,3)15(11-13)21-16-12-14(20)19(16)8-5-4-6-9-19/h13-16,20H,4-12H2,1-3H3. The molecule has 4 fully saturated rings. The molecule has 4 aliphatic rings. The van der Waals surface area contributed by atoms with Crippen LogP contribution in [0.25, 0.3) is 0 Å². The third kappa shape index (κ3) is 1.72. The van der Waals surface area contributed by atoms with E-state index >= 15 is 0 Å². The summed E-state index contributed by atoms with van der Waals surface area (Å²) in [5.74, 6) is 0.847. The third-order valence-electron chi connectivity index (χ3n) is 8.57. The molecule has 0 aromatic rings. The van der Waals surface area contributed by atoms with Crippen molar-refractivity contribution in [3.05, 3.63) is 0 Å². The van der Waals surface area contributed by atoms with Crippen LogP contribution < -0.4 is 0 Å². The van der Waals surface area contributed by atoms with Gasteiger partial charge in [-0.05, 0) is 48.9 Å². The minimum atomic E-state index is -0.0952. The van der Waals surface area contributed by atoms with Crippen molar-refractivity contribution in [3.63, 3.8) is 0 Å². The molecule has 0 saturated heterocycles. The van der Waals surface area contributed by atoms with Crippen LogP contribution in [-0.2, 0) is 4.74 Å². The zero-order chi connectivity index (χ0) is 14.9. The Hall–Kier alpha value is -0.0800. The molecule has 2 heteroatoms. The molecule has 4 saturated carbocycles. The summed E-state index contributed by atoms with van der Waals surface area (Å²) in [7, 11) is 0. The van der Waals surface area contributed by atoms with Crippen LogP contribution in [0.15, 0.2) is 0 Å². The Bertz CT molecular complexity index is 423. The Labute approximate surface area is 129 Å². The highest BCUT2D eigenvalue weighted by Crippen LogP contribution is 2.67. The maximum atomic E-state index is 10.4. The summed E-state index contributed by atoms with van der Waals surface area (Å²) in [6, 6.07) is 0. The van der Waals surface area contributed by atoms with E-state index in [1.165, 1.54) is 51.4 Å². The molecule has 2 bridgehead atoms. The van der Waals surface area contributed by atoms with Gasteiger partial charge in [0.25, 0.3) is 0 Å². The van der Waals surface area contributed by atoms with E-state index in [4.69, 9.17) is 4.74 Å². The molecular weight excluding hydrogens is 260 g/mol. The number of hydrogen-bond acceptors (Lipinski definition) is 2. The van der Waals surface area contributed by atoms with Crippen LogP contribution in [0, 0.1) is 22.2 Å². The topological polar surface area (TPSA) is 29.5 Å². The fourth-order valence-corrected chi connectivity index (χ4v) is 6.32. The second kappa shape index (κ2) is 4.47. The lowest BCUT2D eigenvalue weighted by Crippen LogP contribution is -2.60. The summed E-state index contributed by atoms with van der Waals surface area (Å²) < 4.78 is 6.72. The summed E-state index contributed by atoms with van der Waals surface area (Å²) in [5, 5.41) is 10.4. The van der Waals surface area contributed by atoms with Crippen LogP contribution in [0.2, 0.25) is 0 Å². The summed E-state index contributed by atoms with van der Waals surface area (Å²) in [6.45, 7) is 7.38. The number of fused-ring (bicyclic) bond motifs is 2. The number of aliphatic hydroxyl groups is 1. The molecule has 21 heavy (non-hydrogen) atoms. The molecule has 0 aliphatic heterocycles. The van der Waals surface area contributed by atoms with Crippen molar-refractivity contribution in [1.29, 1.82) is 0 Å². The van der Waals surface area contributed by atoms with Gasteiger partial charge in [-0.1, -0.05) is 40.0 Å². The molecule has 4 rings (SSSR count). The number of rotatable bonds is 2. The largest absolute Gasteiger partial charge is 0.392 e. The van der Waals surface area contributed by atoms with Crippen molar-refractivity contribution >= 4 is 0 Å². The van der Waals surface area contributed by atoms with Gasteiger partial charge in [0.2, 0.25) is 0 Å². The summed E-state index contributed by atoms with van der Waals surface area (Å²) >= 11 is 0. The first-order valence-corrected chi connectivity index (χ1v) is 9.24. The van der Waals surface area contributed by atoms with Gasteiger partial charge in [0.05, 0.1) is 18.3 Å². The fourth-order valence-electron chi connectivity index (χ4n) is 6.32. The molecule has 4 aliphatic carbocycles. The van der Waals surface area contributed by atoms with Gasteiger partial charge >= 0.3 is 0 Å². The van der Waals surface area contributed by atoms with Gasteiger partial charge in [-0.2, -0.15) is 0 Å². The average Bonchev–Trinajstić information content (AvgIpc) is 2.81. The Morgan fingerprint density at radius 3 is 2.14 bits per heavy atom. The van der Waals surface area contributed by atoms with Gasteiger partial charge in [-0.25, -0.2) is 0 Å². The normalized spacial score (nSPS) is 50.3. The van der Waals surface area contributed by atoms with Crippen molar-refractivity contribution in [1.82, 2.24) is 0 Å². The smallest absolute Gasteiger partial charge is 0.0684 e. The molecule has 1 spiro atoms. The Kier molecular flexibility index (Phi) is 3.09. The quantitative estimate of drug-likeness (QED) is 0.822. The van der Waals surface area contributed by atoms with Gasteiger partial charge in [0, 0.05) is 11.8 Å². The molecule has 5 unspecified atom stereocenters. The Balaban J connectivity index is 1.50. The van der Waals surface area contributed by atoms with Crippen molar-refractivity contribution in [2.24, 2.45) is 22.2 Å². The molecule has 0 amide bonds.